The maximum absolute atomic E-state index is 13.2. The van der Waals surface area contributed by atoms with Gasteiger partial charge in [0.15, 0.2) is 15.5 Å². The molecule has 0 radical (unpaired) electrons. The summed E-state index contributed by atoms with van der Waals surface area (Å²) in [6.07, 6.45) is 1.65. The van der Waals surface area contributed by atoms with Crippen molar-refractivity contribution in [1.82, 2.24) is 14.7 Å². The number of hydrogen-bond donors (Lipinski definition) is 2. The van der Waals surface area contributed by atoms with E-state index in [0.717, 1.165) is 22.6 Å². The lowest BCUT2D eigenvalue weighted by Crippen LogP contribution is -2.49. The zero-order chi connectivity index (χ0) is 24.0. The molecule has 2 heterocycles. The van der Waals surface area contributed by atoms with E-state index >= 15 is 0 Å². The summed E-state index contributed by atoms with van der Waals surface area (Å²) in [6, 6.07) is 7.52. The summed E-state index contributed by atoms with van der Waals surface area (Å²) in [6.45, 7) is 4.50. The summed E-state index contributed by atoms with van der Waals surface area (Å²) in [7, 11) is -1.95. The summed E-state index contributed by atoms with van der Waals surface area (Å²) >= 11 is 0. The molecular formula is C23H31N3O6S. The van der Waals surface area contributed by atoms with E-state index in [-0.39, 0.29) is 5.69 Å². The molecule has 33 heavy (non-hydrogen) atoms. The van der Waals surface area contributed by atoms with Crippen LogP contribution in [-0.2, 0) is 29.3 Å². The number of methoxy groups -OCH3 is 1. The number of carboxylic acid groups (broad SMARTS) is 1. The molecule has 1 saturated carbocycles. The van der Waals surface area contributed by atoms with Gasteiger partial charge in [-0.2, -0.15) is 5.10 Å². The first-order valence-electron chi connectivity index (χ1n) is 11.1. The van der Waals surface area contributed by atoms with E-state index in [1.54, 1.807) is 25.6 Å². The van der Waals surface area contributed by atoms with Crippen LogP contribution in [0.15, 0.2) is 24.3 Å². The lowest BCUT2D eigenvalue weighted by molar-refractivity contribution is 0.0688. The lowest BCUT2D eigenvalue weighted by Gasteiger charge is -2.34. The first-order chi connectivity index (χ1) is 15.5. The summed E-state index contributed by atoms with van der Waals surface area (Å²) in [5.41, 5.74) is 2.55. The van der Waals surface area contributed by atoms with Gasteiger partial charge in [0.25, 0.3) is 0 Å². The highest BCUT2D eigenvalue weighted by Crippen LogP contribution is 2.49. The molecule has 0 bridgehead atoms. The molecule has 0 unspecified atom stereocenters. The van der Waals surface area contributed by atoms with Crippen LogP contribution in [0.3, 0.4) is 0 Å². The number of sulfone groups is 1. The fourth-order valence-corrected chi connectivity index (χ4v) is 6.94. The van der Waals surface area contributed by atoms with Crippen LogP contribution in [0.25, 0.3) is 0 Å². The number of fused-ring (bicyclic) bond motifs is 1. The monoisotopic (exact) mass is 477 g/mol. The molecule has 180 valence electrons. The van der Waals surface area contributed by atoms with Crippen LogP contribution < -0.4 is 4.74 Å². The Morgan fingerprint density at radius 1 is 1.24 bits per heavy atom. The van der Waals surface area contributed by atoms with Gasteiger partial charge >= 0.3 is 5.97 Å². The second-order valence-electron chi connectivity index (χ2n) is 9.65. The minimum absolute atomic E-state index is 0.0633. The third kappa shape index (κ3) is 4.15. The average Bonchev–Trinajstić information content (AvgIpc) is 3.49. The van der Waals surface area contributed by atoms with Crippen molar-refractivity contribution < 1.29 is 28.2 Å². The van der Waals surface area contributed by atoms with E-state index in [4.69, 9.17) is 4.74 Å². The van der Waals surface area contributed by atoms with E-state index in [1.807, 2.05) is 24.3 Å². The van der Waals surface area contributed by atoms with Gasteiger partial charge in [-0.3, -0.25) is 9.58 Å². The highest BCUT2D eigenvalue weighted by Gasteiger charge is 2.60. The fourth-order valence-electron chi connectivity index (χ4n) is 4.61. The van der Waals surface area contributed by atoms with Crippen LogP contribution >= 0.6 is 0 Å². The number of aliphatic hydroxyl groups is 1. The molecule has 0 amide bonds. The standard InChI is InChI=1S/C23H31N3O6S/c1-22(2,15-27)33(30,31)23(9-10-23)14-25-11-8-18-19(13-25)26(24-20(18)21(28)29)12-16-4-6-17(32-3)7-5-16/h4-7,27H,8-15H2,1-3H3,(H,28,29). The van der Waals surface area contributed by atoms with E-state index in [1.165, 1.54) is 0 Å². The molecule has 2 N–H and O–H groups in total. The molecule has 1 aromatic carbocycles. The van der Waals surface area contributed by atoms with Crippen molar-refractivity contribution in [1.29, 1.82) is 0 Å². The summed E-state index contributed by atoms with van der Waals surface area (Å²) < 4.78 is 31.4. The van der Waals surface area contributed by atoms with Crippen LogP contribution in [0.1, 0.15) is 54.0 Å². The number of carboxylic acids is 1. The molecule has 1 fully saturated rings. The van der Waals surface area contributed by atoms with Crippen LogP contribution in [-0.4, -0.2) is 75.6 Å². The second kappa shape index (κ2) is 8.41. The molecule has 0 saturated heterocycles. The van der Waals surface area contributed by atoms with E-state index in [9.17, 15) is 23.4 Å². The Morgan fingerprint density at radius 3 is 2.45 bits per heavy atom. The van der Waals surface area contributed by atoms with E-state index in [2.05, 4.69) is 10.00 Å². The normalized spacial score (nSPS) is 18.1. The van der Waals surface area contributed by atoms with Gasteiger partial charge in [-0.15, -0.1) is 0 Å². The molecule has 1 aromatic heterocycles. The van der Waals surface area contributed by atoms with Gasteiger partial charge in [0.2, 0.25) is 0 Å². The molecular weight excluding hydrogens is 446 g/mol. The first kappa shape index (κ1) is 23.7. The van der Waals surface area contributed by atoms with Gasteiger partial charge in [-0.1, -0.05) is 12.1 Å². The number of aliphatic hydroxyl groups excluding tert-OH is 1. The van der Waals surface area contributed by atoms with Crippen molar-refractivity contribution in [3.63, 3.8) is 0 Å². The number of nitrogens with zero attached hydrogens (tertiary/aromatic N) is 3. The Bertz CT molecular complexity index is 1150. The largest absolute Gasteiger partial charge is 0.497 e. The Morgan fingerprint density at radius 2 is 1.91 bits per heavy atom. The number of aromatic nitrogens is 2. The van der Waals surface area contributed by atoms with Crippen molar-refractivity contribution in [2.75, 3.05) is 26.8 Å². The minimum atomic E-state index is -3.55. The first-order valence-corrected chi connectivity index (χ1v) is 12.5. The Balaban J connectivity index is 1.59. The SMILES string of the molecule is COc1ccc(Cn2nc(C(=O)O)c3c2CN(CC2(S(=O)(=O)C(C)(C)CO)CC2)CC3)cc1. The quantitative estimate of drug-likeness (QED) is 0.560. The van der Waals surface area contributed by atoms with Crippen LogP contribution in [0.5, 0.6) is 5.75 Å². The van der Waals surface area contributed by atoms with Gasteiger partial charge in [0.1, 0.15) is 5.75 Å². The maximum Gasteiger partial charge on any atom is 0.356 e. The highest BCUT2D eigenvalue weighted by atomic mass is 32.2. The number of benzene rings is 1. The minimum Gasteiger partial charge on any atom is -0.497 e. The summed E-state index contributed by atoms with van der Waals surface area (Å²) in [5.74, 6) is -0.320. The number of rotatable bonds is 9. The molecule has 0 spiro atoms. The number of ether oxygens (including phenoxy) is 1. The van der Waals surface area contributed by atoms with Crippen LogP contribution in [0.4, 0.5) is 0 Å². The van der Waals surface area contributed by atoms with Crippen molar-refractivity contribution >= 4 is 15.8 Å². The zero-order valence-electron chi connectivity index (χ0n) is 19.2. The van der Waals surface area contributed by atoms with Gasteiger partial charge in [0.05, 0.1) is 35.4 Å². The van der Waals surface area contributed by atoms with Crippen molar-refractivity contribution in [3.8, 4) is 5.75 Å². The fraction of sp³-hybridized carbons (Fsp3) is 0.565. The maximum atomic E-state index is 13.2. The third-order valence-corrected chi connectivity index (χ3v) is 10.2. The van der Waals surface area contributed by atoms with Crippen molar-refractivity contribution in [2.24, 2.45) is 0 Å². The Labute approximate surface area is 193 Å². The topological polar surface area (TPSA) is 122 Å². The third-order valence-electron chi connectivity index (χ3n) is 6.91. The van der Waals surface area contributed by atoms with E-state index in [0.29, 0.717) is 45.4 Å². The Hall–Kier alpha value is -2.43. The van der Waals surface area contributed by atoms with Gasteiger partial charge in [-0.05, 0) is 50.8 Å². The summed E-state index contributed by atoms with van der Waals surface area (Å²) in [5, 5.41) is 23.7. The number of carbonyl (C=O) groups is 1. The van der Waals surface area contributed by atoms with Gasteiger partial charge in [0, 0.05) is 25.2 Å². The molecule has 1 aliphatic heterocycles. The zero-order valence-corrected chi connectivity index (χ0v) is 20.1. The van der Waals surface area contributed by atoms with Gasteiger partial charge in [-0.25, -0.2) is 13.2 Å². The van der Waals surface area contributed by atoms with Crippen LogP contribution in [0.2, 0.25) is 0 Å². The van der Waals surface area contributed by atoms with Crippen LogP contribution in [0, 0.1) is 0 Å². The predicted octanol–water partition coefficient (Wildman–Crippen LogP) is 1.71. The smallest absolute Gasteiger partial charge is 0.356 e. The second-order valence-corrected chi connectivity index (χ2v) is 12.6. The van der Waals surface area contributed by atoms with Crippen molar-refractivity contribution in [2.45, 2.75) is 55.7 Å². The summed E-state index contributed by atoms with van der Waals surface area (Å²) in [4.78, 5) is 13.9. The average molecular weight is 478 g/mol. The molecule has 10 heteroatoms. The molecule has 9 nitrogen and oxygen atoms in total. The number of aromatic carboxylic acids is 1. The van der Waals surface area contributed by atoms with Crippen molar-refractivity contribution in [3.05, 3.63) is 46.8 Å². The Kier molecular flexibility index (Phi) is 6.05. The van der Waals surface area contributed by atoms with E-state index < -0.39 is 31.9 Å². The highest BCUT2D eigenvalue weighted by molar-refractivity contribution is 7.94. The molecule has 2 aromatic rings. The molecule has 1 aliphatic carbocycles. The lowest BCUT2D eigenvalue weighted by atomic mass is 10.0. The predicted molar refractivity (Wildman–Crippen MR) is 122 cm³/mol. The molecule has 2 aliphatic rings. The van der Waals surface area contributed by atoms with Gasteiger partial charge < -0.3 is 14.9 Å². The molecule has 0 atom stereocenters. The molecule has 4 rings (SSSR count). The number of hydrogen-bond acceptors (Lipinski definition) is 7.